The molecular weight excluding hydrogens is 421 g/mol. The molecule has 2 aromatic carbocycles. The van der Waals surface area contributed by atoms with Gasteiger partial charge in [-0.15, -0.1) is 0 Å². The van der Waals surface area contributed by atoms with Crippen LogP contribution in [0.1, 0.15) is 0 Å². The Hall–Kier alpha value is -1.80. The number of piperazine rings is 1. The topological polar surface area (TPSA) is 42.6 Å². The van der Waals surface area contributed by atoms with E-state index in [1.165, 1.54) is 5.69 Å². The Morgan fingerprint density at radius 3 is 2.26 bits per heavy atom. The van der Waals surface area contributed by atoms with Gasteiger partial charge in [0.05, 0.1) is 10.7 Å². The largest absolute Gasteiger partial charge is 0.368 e. The molecule has 2 aromatic rings. The third kappa shape index (κ3) is 5.59. The van der Waals surface area contributed by atoms with Crippen LogP contribution in [0.3, 0.4) is 0 Å². The number of nitrogens with zero attached hydrogens (tertiary/aromatic N) is 2. The van der Waals surface area contributed by atoms with Gasteiger partial charge in [-0.05, 0) is 54.8 Å². The maximum atomic E-state index is 6.13. The molecular formula is C18H19Cl2N5S2. The van der Waals surface area contributed by atoms with Crippen molar-refractivity contribution in [1.29, 1.82) is 0 Å². The van der Waals surface area contributed by atoms with Crippen molar-refractivity contribution in [1.82, 2.24) is 15.8 Å². The maximum absolute atomic E-state index is 6.13. The highest BCUT2D eigenvalue weighted by molar-refractivity contribution is 7.80. The van der Waals surface area contributed by atoms with Crippen molar-refractivity contribution in [3.8, 4) is 0 Å². The van der Waals surface area contributed by atoms with Crippen molar-refractivity contribution >= 4 is 69.2 Å². The molecule has 0 aromatic heterocycles. The van der Waals surface area contributed by atoms with E-state index < -0.39 is 0 Å². The standard InChI is InChI=1S/C18H19Cl2N5S2/c19-13-6-7-16(15(20)12-13)21-17(26)22-23-18(27)25-10-8-24(9-11-25)14-4-2-1-3-5-14/h1-7,12H,8-11H2,(H,23,27)(H2,21,22,26). The number of halogens is 2. The second-order valence-corrected chi connectivity index (χ2v) is 7.58. The van der Waals surface area contributed by atoms with Gasteiger partial charge in [0, 0.05) is 36.9 Å². The predicted octanol–water partition coefficient (Wildman–Crippen LogP) is 3.89. The summed E-state index contributed by atoms with van der Waals surface area (Å²) in [5.41, 5.74) is 7.77. The lowest BCUT2D eigenvalue weighted by Crippen LogP contribution is -2.55. The molecule has 0 bridgehead atoms. The van der Waals surface area contributed by atoms with Crippen molar-refractivity contribution in [2.75, 3.05) is 36.4 Å². The van der Waals surface area contributed by atoms with E-state index in [0.717, 1.165) is 26.2 Å². The van der Waals surface area contributed by atoms with Crippen molar-refractivity contribution in [2.24, 2.45) is 0 Å². The molecule has 1 aliphatic rings. The van der Waals surface area contributed by atoms with Crippen LogP contribution >= 0.6 is 47.6 Å². The van der Waals surface area contributed by atoms with Gasteiger partial charge >= 0.3 is 0 Å². The van der Waals surface area contributed by atoms with Crippen LogP contribution in [0.15, 0.2) is 48.5 Å². The number of hydrogen-bond donors (Lipinski definition) is 3. The van der Waals surface area contributed by atoms with Crippen LogP contribution in [-0.4, -0.2) is 41.3 Å². The minimum Gasteiger partial charge on any atom is -0.368 e. The number of benzene rings is 2. The van der Waals surface area contributed by atoms with Gasteiger partial charge in [0.15, 0.2) is 10.2 Å². The molecule has 142 valence electrons. The Kier molecular flexibility index (Phi) is 6.95. The number of para-hydroxylation sites is 1. The summed E-state index contributed by atoms with van der Waals surface area (Å²) in [4.78, 5) is 4.46. The zero-order chi connectivity index (χ0) is 19.2. The van der Waals surface area contributed by atoms with Crippen LogP contribution in [0, 0.1) is 0 Å². The van der Waals surface area contributed by atoms with Crippen LogP contribution in [-0.2, 0) is 0 Å². The third-order valence-electron chi connectivity index (χ3n) is 4.15. The Morgan fingerprint density at radius 2 is 1.59 bits per heavy atom. The molecule has 0 spiro atoms. The van der Waals surface area contributed by atoms with Gasteiger partial charge in [-0.1, -0.05) is 41.4 Å². The highest BCUT2D eigenvalue weighted by Crippen LogP contribution is 2.25. The predicted molar refractivity (Wildman–Crippen MR) is 122 cm³/mol. The van der Waals surface area contributed by atoms with Crippen LogP contribution in [0.4, 0.5) is 11.4 Å². The summed E-state index contributed by atoms with van der Waals surface area (Å²) in [5.74, 6) is 0. The molecule has 3 N–H and O–H groups in total. The van der Waals surface area contributed by atoms with Gasteiger partial charge in [0.1, 0.15) is 0 Å². The van der Waals surface area contributed by atoms with Crippen LogP contribution in [0.5, 0.6) is 0 Å². The van der Waals surface area contributed by atoms with Gasteiger partial charge in [-0.25, -0.2) is 0 Å². The van der Waals surface area contributed by atoms with Gasteiger partial charge < -0.3 is 15.1 Å². The molecule has 27 heavy (non-hydrogen) atoms. The fraction of sp³-hybridized carbons (Fsp3) is 0.222. The number of anilines is 2. The minimum atomic E-state index is 0.365. The summed E-state index contributed by atoms with van der Waals surface area (Å²) in [6, 6.07) is 15.5. The molecule has 0 atom stereocenters. The number of nitrogens with one attached hydrogen (secondary N) is 3. The van der Waals surface area contributed by atoms with E-state index in [1.54, 1.807) is 18.2 Å². The van der Waals surface area contributed by atoms with Gasteiger partial charge in [0.2, 0.25) is 0 Å². The molecule has 1 heterocycles. The zero-order valence-electron chi connectivity index (χ0n) is 14.4. The average molecular weight is 440 g/mol. The molecule has 0 saturated carbocycles. The normalized spacial score (nSPS) is 13.9. The Morgan fingerprint density at radius 1 is 0.889 bits per heavy atom. The average Bonchev–Trinajstić information content (AvgIpc) is 2.69. The lowest BCUT2D eigenvalue weighted by molar-refractivity contribution is 0.378. The van der Waals surface area contributed by atoms with Crippen molar-refractivity contribution in [3.63, 3.8) is 0 Å². The van der Waals surface area contributed by atoms with E-state index in [-0.39, 0.29) is 0 Å². The van der Waals surface area contributed by atoms with Gasteiger partial charge in [0.25, 0.3) is 0 Å². The molecule has 0 amide bonds. The van der Waals surface area contributed by atoms with Crippen LogP contribution < -0.4 is 21.1 Å². The van der Waals surface area contributed by atoms with E-state index in [9.17, 15) is 0 Å². The molecule has 1 aliphatic heterocycles. The Balaban J connectivity index is 1.44. The number of hydrogen-bond acceptors (Lipinski definition) is 3. The number of rotatable bonds is 2. The molecule has 1 saturated heterocycles. The van der Waals surface area contributed by atoms with E-state index in [1.807, 2.05) is 6.07 Å². The quantitative estimate of drug-likeness (QED) is 0.484. The first-order valence-corrected chi connectivity index (χ1v) is 9.97. The fourth-order valence-electron chi connectivity index (χ4n) is 2.74. The second kappa shape index (κ2) is 9.41. The molecule has 3 rings (SSSR count). The third-order valence-corrected chi connectivity index (χ3v) is 5.26. The molecule has 1 fully saturated rings. The van der Waals surface area contributed by atoms with Crippen molar-refractivity contribution < 1.29 is 0 Å². The second-order valence-electron chi connectivity index (χ2n) is 5.94. The van der Waals surface area contributed by atoms with Crippen molar-refractivity contribution in [3.05, 3.63) is 58.6 Å². The molecule has 0 unspecified atom stereocenters. The summed E-state index contributed by atoms with van der Waals surface area (Å²) in [6.45, 7) is 3.50. The molecule has 0 aliphatic carbocycles. The Bertz CT molecular complexity index is 811. The maximum Gasteiger partial charge on any atom is 0.189 e. The van der Waals surface area contributed by atoms with Crippen molar-refractivity contribution in [2.45, 2.75) is 0 Å². The molecule has 0 radical (unpaired) electrons. The van der Waals surface area contributed by atoms with E-state index >= 15 is 0 Å². The van der Waals surface area contributed by atoms with E-state index in [4.69, 9.17) is 47.6 Å². The fourth-order valence-corrected chi connectivity index (χ4v) is 3.59. The first-order valence-electron chi connectivity index (χ1n) is 8.40. The monoisotopic (exact) mass is 439 g/mol. The highest BCUT2D eigenvalue weighted by Gasteiger charge is 2.19. The summed E-state index contributed by atoms with van der Waals surface area (Å²) >= 11 is 22.7. The van der Waals surface area contributed by atoms with E-state index in [0.29, 0.717) is 26.0 Å². The number of hydrazine groups is 1. The smallest absolute Gasteiger partial charge is 0.189 e. The zero-order valence-corrected chi connectivity index (χ0v) is 17.6. The van der Waals surface area contributed by atoms with Gasteiger partial charge in [-0.2, -0.15) is 0 Å². The number of thiocarbonyl (C=S) groups is 2. The lowest BCUT2D eigenvalue weighted by atomic mass is 10.2. The molecule has 9 heteroatoms. The van der Waals surface area contributed by atoms with Crippen LogP contribution in [0.2, 0.25) is 10.0 Å². The first kappa shape index (κ1) is 19.9. The summed E-state index contributed by atoms with van der Waals surface area (Å²) in [5, 5.41) is 5.04. The molecule has 5 nitrogen and oxygen atoms in total. The summed E-state index contributed by atoms with van der Waals surface area (Å²) in [6.07, 6.45) is 0. The van der Waals surface area contributed by atoms with Crippen LogP contribution in [0.25, 0.3) is 0 Å². The first-order chi connectivity index (χ1) is 13.0. The lowest BCUT2D eigenvalue weighted by Gasteiger charge is -2.37. The van der Waals surface area contributed by atoms with Gasteiger partial charge in [-0.3, -0.25) is 10.9 Å². The summed E-state index contributed by atoms with van der Waals surface area (Å²) in [7, 11) is 0. The highest BCUT2D eigenvalue weighted by atomic mass is 35.5. The Labute approximate surface area is 179 Å². The minimum absolute atomic E-state index is 0.365. The SMILES string of the molecule is S=C(NNC(=S)N1CCN(c2ccccc2)CC1)Nc1ccc(Cl)cc1Cl. The van der Waals surface area contributed by atoms with E-state index in [2.05, 4.69) is 50.2 Å². The summed E-state index contributed by atoms with van der Waals surface area (Å²) < 4.78 is 0.